The zero-order valence-electron chi connectivity index (χ0n) is 15.8. The lowest BCUT2D eigenvalue weighted by atomic mass is 10.1. The van der Waals surface area contributed by atoms with E-state index in [0.717, 1.165) is 22.5 Å². The van der Waals surface area contributed by atoms with Crippen molar-refractivity contribution in [3.63, 3.8) is 0 Å². The second-order valence-electron chi connectivity index (χ2n) is 6.32. The van der Waals surface area contributed by atoms with Crippen LogP contribution in [-0.4, -0.2) is 32.8 Å². The topological polar surface area (TPSA) is 81.9 Å². The van der Waals surface area contributed by atoms with Gasteiger partial charge in [-0.25, -0.2) is 0 Å². The molecule has 2 heterocycles. The Morgan fingerprint density at radius 3 is 2.66 bits per heavy atom. The van der Waals surface area contributed by atoms with Crippen molar-refractivity contribution in [2.45, 2.75) is 6.54 Å². The molecule has 0 saturated carbocycles. The summed E-state index contributed by atoms with van der Waals surface area (Å²) in [6.07, 6.45) is 6.81. The molecule has 0 aliphatic rings. The van der Waals surface area contributed by atoms with Crippen molar-refractivity contribution in [1.29, 1.82) is 0 Å². The molecule has 29 heavy (non-hydrogen) atoms. The normalized spacial score (nSPS) is 10.5. The van der Waals surface area contributed by atoms with Crippen LogP contribution in [0.5, 0.6) is 5.75 Å². The van der Waals surface area contributed by atoms with Gasteiger partial charge in [-0.2, -0.15) is 5.10 Å². The fourth-order valence-electron chi connectivity index (χ4n) is 2.97. The molecule has 4 aromatic rings. The molecular formula is C22H19N5O2. The van der Waals surface area contributed by atoms with E-state index in [2.05, 4.69) is 20.4 Å². The standard InChI is InChI=1S/C22H19N5O2/c1-29-21-8-3-2-7-19(21)25-22(28)15-27-12-9-18(26-27)16-5-4-6-17(13-16)20-14-23-10-11-24-20/h2-14H,15H2,1H3,(H,25,28). The molecule has 0 unspecified atom stereocenters. The van der Waals surface area contributed by atoms with Gasteiger partial charge in [0.25, 0.3) is 0 Å². The van der Waals surface area contributed by atoms with Gasteiger partial charge in [0, 0.05) is 29.7 Å². The van der Waals surface area contributed by atoms with Crippen LogP contribution in [0.2, 0.25) is 0 Å². The second kappa shape index (κ2) is 8.35. The van der Waals surface area contributed by atoms with Crippen LogP contribution in [0.4, 0.5) is 5.69 Å². The van der Waals surface area contributed by atoms with Crippen LogP contribution in [-0.2, 0) is 11.3 Å². The van der Waals surface area contributed by atoms with E-state index in [1.54, 1.807) is 48.7 Å². The van der Waals surface area contributed by atoms with E-state index in [1.165, 1.54) is 0 Å². The first kappa shape index (κ1) is 18.4. The molecule has 0 fully saturated rings. The number of amides is 1. The highest BCUT2D eigenvalue weighted by molar-refractivity contribution is 5.92. The van der Waals surface area contributed by atoms with Crippen molar-refractivity contribution < 1.29 is 9.53 Å². The SMILES string of the molecule is COc1ccccc1NC(=O)Cn1ccc(-c2cccc(-c3cnccn3)c2)n1. The maximum absolute atomic E-state index is 12.4. The Balaban J connectivity index is 1.48. The van der Waals surface area contributed by atoms with Crippen LogP contribution in [0.1, 0.15) is 0 Å². The van der Waals surface area contributed by atoms with Crippen LogP contribution in [0.25, 0.3) is 22.5 Å². The van der Waals surface area contributed by atoms with Gasteiger partial charge in [0.15, 0.2) is 0 Å². The molecule has 2 aromatic carbocycles. The fraction of sp³-hybridized carbons (Fsp3) is 0.0909. The predicted octanol–water partition coefficient (Wildman–Crippen LogP) is 3.65. The Labute approximate surface area is 168 Å². The largest absolute Gasteiger partial charge is 0.495 e. The van der Waals surface area contributed by atoms with E-state index in [9.17, 15) is 4.79 Å². The Morgan fingerprint density at radius 2 is 1.86 bits per heavy atom. The van der Waals surface area contributed by atoms with Crippen LogP contribution in [0.3, 0.4) is 0 Å². The molecule has 0 radical (unpaired) electrons. The number of methoxy groups -OCH3 is 1. The minimum Gasteiger partial charge on any atom is -0.495 e. The average molecular weight is 385 g/mol. The molecule has 7 heteroatoms. The smallest absolute Gasteiger partial charge is 0.246 e. The molecule has 0 saturated heterocycles. The van der Waals surface area contributed by atoms with Gasteiger partial charge in [-0.05, 0) is 24.3 Å². The molecule has 7 nitrogen and oxygen atoms in total. The number of hydrogen-bond donors (Lipinski definition) is 1. The van der Waals surface area contributed by atoms with Crippen LogP contribution in [0, 0.1) is 0 Å². The third-order valence-electron chi connectivity index (χ3n) is 4.34. The summed E-state index contributed by atoms with van der Waals surface area (Å²) in [5.41, 5.74) is 4.10. The number of anilines is 1. The third kappa shape index (κ3) is 4.30. The van der Waals surface area contributed by atoms with Crippen molar-refractivity contribution >= 4 is 11.6 Å². The van der Waals surface area contributed by atoms with Gasteiger partial charge < -0.3 is 10.1 Å². The van der Waals surface area contributed by atoms with E-state index in [1.807, 2.05) is 42.5 Å². The van der Waals surface area contributed by atoms with Gasteiger partial charge in [-0.1, -0.05) is 30.3 Å². The van der Waals surface area contributed by atoms with Crippen molar-refractivity contribution in [1.82, 2.24) is 19.7 Å². The van der Waals surface area contributed by atoms with E-state index >= 15 is 0 Å². The van der Waals surface area contributed by atoms with Crippen molar-refractivity contribution in [3.8, 4) is 28.3 Å². The van der Waals surface area contributed by atoms with Gasteiger partial charge in [0.1, 0.15) is 12.3 Å². The van der Waals surface area contributed by atoms with E-state index in [4.69, 9.17) is 4.74 Å². The second-order valence-corrected chi connectivity index (χ2v) is 6.32. The van der Waals surface area contributed by atoms with E-state index in [-0.39, 0.29) is 12.5 Å². The molecule has 144 valence electrons. The van der Waals surface area contributed by atoms with Crippen LogP contribution >= 0.6 is 0 Å². The monoisotopic (exact) mass is 385 g/mol. The zero-order valence-corrected chi connectivity index (χ0v) is 15.8. The Kier molecular flexibility index (Phi) is 5.29. The minimum absolute atomic E-state index is 0.0991. The lowest BCUT2D eigenvalue weighted by molar-refractivity contribution is -0.116. The van der Waals surface area contributed by atoms with Gasteiger partial charge in [-0.15, -0.1) is 0 Å². The lowest BCUT2D eigenvalue weighted by Crippen LogP contribution is -2.19. The summed E-state index contributed by atoms with van der Waals surface area (Å²) in [6, 6.07) is 17.1. The Hall–Kier alpha value is -4.00. The maximum Gasteiger partial charge on any atom is 0.246 e. The number of aromatic nitrogens is 4. The highest BCUT2D eigenvalue weighted by Gasteiger charge is 2.10. The molecule has 0 aliphatic heterocycles. The summed E-state index contributed by atoms with van der Waals surface area (Å²) >= 11 is 0. The summed E-state index contributed by atoms with van der Waals surface area (Å²) in [5.74, 6) is 0.431. The summed E-state index contributed by atoms with van der Waals surface area (Å²) in [7, 11) is 1.57. The number of nitrogens with zero attached hydrogens (tertiary/aromatic N) is 4. The molecule has 1 amide bonds. The number of carbonyl (C=O) groups excluding carboxylic acids is 1. The van der Waals surface area contributed by atoms with Crippen LogP contribution < -0.4 is 10.1 Å². The first-order valence-electron chi connectivity index (χ1n) is 9.06. The number of para-hydroxylation sites is 2. The molecule has 0 aliphatic carbocycles. The molecular weight excluding hydrogens is 366 g/mol. The fourth-order valence-corrected chi connectivity index (χ4v) is 2.97. The number of hydrogen-bond acceptors (Lipinski definition) is 5. The molecule has 0 spiro atoms. The third-order valence-corrected chi connectivity index (χ3v) is 4.34. The first-order chi connectivity index (χ1) is 14.2. The van der Waals surface area contributed by atoms with Crippen molar-refractivity contribution in [2.75, 3.05) is 12.4 Å². The number of rotatable bonds is 6. The number of ether oxygens (including phenoxy) is 1. The lowest BCUT2D eigenvalue weighted by Gasteiger charge is -2.09. The molecule has 2 aromatic heterocycles. The van der Waals surface area contributed by atoms with Gasteiger partial charge >= 0.3 is 0 Å². The molecule has 0 atom stereocenters. The highest BCUT2D eigenvalue weighted by Crippen LogP contribution is 2.24. The highest BCUT2D eigenvalue weighted by atomic mass is 16.5. The van der Waals surface area contributed by atoms with Crippen LogP contribution in [0.15, 0.2) is 79.4 Å². The minimum atomic E-state index is -0.183. The summed E-state index contributed by atoms with van der Waals surface area (Å²) in [5, 5.41) is 7.38. The van der Waals surface area contributed by atoms with E-state index in [0.29, 0.717) is 11.4 Å². The van der Waals surface area contributed by atoms with Gasteiger partial charge in [0.05, 0.1) is 30.4 Å². The number of carbonyl (C=O) groups is 1. The van der Waals surface area contributed by atoms with Gasteiger partial charge in [0.2, 0.25) is 5.91 Å². The average Bonchev–Trinajstić information content (AvgIpc) is 3.23. The predicted molar refractivity (Wildman–Crippen MR) is 110 cm³/mol. The molecule has 4 rings (SSSR count). The molecule has 1 N–H and O–H groups in total. The Bertz CT molecular complexity index is 1120. The quantitative estimate of drug-likeness (QED) is 0.548. The molecule has 0 bridgehead atoms. The summed E-state index contributed by atoms with van der Waals surface area (Å²) < 4.78 is 6.87. The van der Waals surface area contributed by atoms with Crippen molar-refractivity contribution in [2.24, 2.45) is 0 Å². The summed E-state index contributed by atoms with van der Waals surface area (Å²) in [6.45, 7) is 0.0991. The van der Waals surface area contributed by atoms with Crippen molar-refractivity contribution in [3.05, 3.63) is 79.4 Å². The zero-order chi connectivity index (χ0) is 20.1. The number of benzene rings is 2. The first-order valence-corrected chi connectivity index (χ1v) is 9.06. The number of nitrogens with one attached hydrogen (secondary N) is 1. The van der Waals surface area contributed by atoms with E-state index < -0.39 is 0 Å². The maximum atomic E-state index is 12.4. The van der Waals surface area contributed by atoms with Gasteiger partial charge in [-0.3, -0.25) is 19.4 Å². The summed E-state index contributed by atoms with van der Waals surface area (Å²) in [4.78, 5) is 20.8. The Morgan fingerprint density at radius 1 is 1.03 bits per heavy atom.